The van der Waals surface area contributed by atoms with Crippen molar-refractivity contribution >= 4 is 12.1 Å². The van der Waals surface area contributed by atoms with Crippen LogP contribution in [0.15, 0.2) is 46.3 Å². The quantitative estimate of drug-likeness (QED) is 0.652. The number of nitrogens with one attached hydrogen (secondary N) is 1. The molecule has 0 unspecified atom stereocenters. The number of pyridine rings is 1. The summed E-state index contributed by atoms with van der Waals surface area (Å²) in [5.41, 5.74) is 5.26. The minimum absolute atomic E-state index is 0.729. The smallest absolute Gasteiger partial charge is 0.146 e. The molecule has 1 aromatic heterocycles. The van der Waals surface area contributed by atoms with Gasteiger partial charge in [0.2, 0.25) is 0 Å². The van der Waals surface area contributed by atoms with E-state index < -0.39 is 0 Å². The van der Waals surface area contributed by atoms with Crippen LogP contribution in [-0.2, 0) is 4.74 Å². The molecular weight excluding hydrogens is 266 g/mol. The van der Waals surface area contributed by atoms with Gasteiger partial charge in [0.05, 0.1) is 26.0 Å². The first-order valence-electron chi connectivity index (χ1n) is 7.15. The van der Waals surface area contributed by atoms with Gasteiger partial charge >= 0.3 is 0 Å². The van der Waals surface area contributed by atoms with Crippen LogP contribution in [0, 0.1) is 0 Å². The van der Waals surface area contributed by atoms with Crippen LogP contribution in [0.1, 0.15) is 5.56 Å². The van der Waals surface area contributed by atoms with E-state index in [1.54, 1.807) is 18.6 Å². The minimum atomic E-state index is 0.729. The van der Waals surface area contributed by atoms with Crippen LogP contribution in [0.5, 0.6) is 0 Å². The standard InChI is InChI=1S/C15H19N5O/c1-4-16-5-2-13(1)11-18-19-15-14(3-6-17-15)12-20-7-9-21-10-8-20/h1-5,11H,6-10,12H2,(H,17,19). The number of ether oxygens (including phenoxy) is 1. The average molecular weight is 285 g/mol. The molecule has 0 atom stereocenters. The Bertz CT molecular complexity index is 546. The second-order valence-corrected chi connectivity index (χ2v) is 4.96. The van der Waals surface area contributed by atoms with E-state index in [2.05, 4.69) is 31.5 Å². The van der Waals surface area contributed by atoms with Crippen LogP contribution in [0.3, 0.4) is 0 Å². The van der Waals surface area contributed by atoms with Gasteiger partial charge in [-0.1, -0.05) is 6.08 Å². The fourth-order valence-electron chi connectivity index (χ4n) is 2.31. The molecule has 6 nitrogen and oxygen atoms in total. The second-order valence-electron chi connectivity index (χ2n) is 4.96. The molecule has 1 aromatic rings. The van der Waals surface area contributed by atoms with Gasteiger partial charge in [0.1, 0.15) is 5.84 Å². The lowest BCUT2D eigenvalue weighted by molar-refractivity contribution is 0.0428. The zero-order valence-corrected chi connectivity index (χ0v) is 11.9. The summed E-state index contributed by atoms with van der Waals surface area (Å²) in [5.74, 6) is 0.867. The molecule has 2 aliphatic rings. The van der Waals surface area contributed by atoms with Gasteiger partial charge in [0.25, 0.3) is 0 Å². The number of nitrogens with zero attached hydrogens (tertiary/aromatic N) is 4. The second kappa shape index (κ2) is 7.10. The SMILES string of the molecule is C(=NNC1=NCC=C1CN1CCOCC1)c1ccncc1. The Morgan fingerprint density at radius 1 is 1.29 bits per heavy atom. The molecule has 0 aromatic carbocycles. The highest BCUT2D eigenvalue weighted by Gasteiger charge is 2.17. The summed E-state index contributed by atoms with van der Waals surface area (Å²) in [5, 5.41) is 4.25. The zero-order chi connectivity index (χ0) is 14.3. The third-order valence-corrected chi connectivity index (χ3v) is 3.48. The van der Waals surface area contributed by atoms with Crippen molar-refractivity contribution in [1.82, 2.24) is 15.3 Å². The van der Waals surface area contributed by atoms with Gasteiger partial charge in [-0.2, -0.15) is 5.10 Å². The Balaban J connectivity index is 1.53. The molecule has 0 saturated carbocycles. The fraction of sp³-hybridized carbons (Fsp3) is 0.400. The summed E-state index contributed by atoms with van der Waals surface area (Å²) < 4.78 is 5.37. The number of morpholine rings is 1. The van der Waals surface area contributed by atoms with E-state index in [-0.39, 0.29) is 0 Å². The molecule has 1 fully saturated rings. The first kappa shape index (κ1) is 13.9. The number of hydrogen-bond acceptors (Lipinski definition) is 6. The molecule has 21 heavy (non-hydrogen) atoms. The summed E-state index contributed by atoms with van der Waals surface area (Å²) in [7, 11) is 0. The number of hydrazone groups is 1. The Labute approximate surface area is 124 Å². The predicted octanol–water partition coefficient (Wildman–Crippen LogP) is 0.676. The number of hydrogen-bond donors (Lipinski definition) is 1. The molecule has 0 amide bonds. The first-order chi connectivity index (χ1) is 10.4. The van der Waals surface area contributed by atoms with E-state index in [0.29, 0.717) is 0 Å². The summed E-state index contributed by atoms with van der Waals surface area (Å²) >= 11 is 0. The monoisotopic (exact) mass is 285 g/mol. The van der Waals surface area contributed by atoms with E-state index in [1.807, 2.05) is 12.1 Å². The molecule has 0 radical (unpaired) electrons. The topological polar surface area (TPSA) is 62.1 Å². The normalized spacial score (nSPS) is 19.6. The fourth-order valence-corrected chi connectivity index (χ4v) is 2.31. The molecule has 2 aliphatic heterocycles. The number of rotatable bonds is 4. The highest BCUT2D eigenvalue weighted by atomic mass is 16.5. The molecule has 0 aliphatic carbocycles. The van der Waals surface area contributed by atoms with Gasteiger partial charge in [-0.25, -0.2) is 0 Å². The van der Waals surface area contributed by atoms with Crippen molar-refractivity contribution in [1.29, 1.82) is 0 Å². The van der Waals surface area contributed by atoms with Crippen molar-refractivity contribution in [3.05, 3.63) is 41.7 Å². The Hall–Kier alpha value is -2.05. The van der Waals surface area contributed by atoms with Crippen molar-refractivity contribution in [2.24, 2.45) is 10.1 Å². The summed E-state index contributed by atoms with van der Waals surface area (Å²) in [6, 6.07) is 3.82. The lowest BCUT2D eigenvalue weighted by atomic mass is 10.2. The van der Waals surface area contributed by atoms with E-state index in [0.717, 1.165) is 50.8 Å². The lowest BCUT2D eigenvalue weighted by Crippen LogP contribution is -2.39. The Morgan fingerprint density at radius 2 is 2.10 bits per heavy atom. The van der Waals surface area contributed by atoms with Crippen molar-refractivity contribution in [3.8, 4) is 0 Å². The van der Waals surface area contributed by atoms with E-state index in [9.17, 15) is 0 Å². The molecule has 0 spiro atoms. The maximum atomic E-state index is 5.37. The number of amidine groups is 1. The van der Waals surface area contributed by atoms with Crippen LogP contribution >= 0.6 is 0 Å². The molecule has 110 valence electrons. The Morgan fingerprint density at radius 3 is 2.90 bits per heavy atom. The van der Waals surface area contributed by atoms with Gasteiger partial charge in [-0.3, -0.25) is 20.3 Å². The van der Waals surface area contributed by atoms with Gasteiger partial charge < -0.3 is 4.74 Å². The molecule has 3 rings (SSSR count). The highest BCUT2D eigenvalue weighted by Crippen LogP contribution is 2.09. The summed E-state index contributed by atoms with van der Waals surface area (Å²) in [4.78, 5) is 10.8. The van der Waals surface area contributed by atoms with Crippen LogP contribution in [0.4, 0.5) is 0 Å². The van der Waals surface area contributed by atoms with Crippen LogP contribution < -0.4 is 5.43 Å². The van der Waals surface area contributed by atoms with Gasteiger partial charge in [0, 0.05) is 37.6 Å². The van der Waals surface area contributed by atoms with E-state index >= 15 is 0 Å². The molecular formula is C15H19N5O. The Kier molecular flexibility index (Phi) is 4.70. The van der Waals surface area contributed by atoms with Crippen molar-refractivity contribution in [3.63, 3.8) is 0 Å². The molecule has 6 heteroatoms. The number of aromatic nitrogens is 1. The van der Waals surface area contributed by atoms with Gasteiger partial charge in [0.15, 0.2) is 0 Å². The third-order valence-electron chi connectivity index (χ3n) is 3.48. The molecule has 0 bridgehead atoms. The van der Waals surface area contributed by atoms with Crippen molar-refractivity contribution < 1.29 is 4.74 Å². The summed E-state index contributed by atoms with van der Waals surface area (Å²) in [6.07, 6.45) is 7.42. The molecule has 1 N–H and O–H groups in total. The predicted molar refractivity (Wildman–Crippen MR) is 82.6 cm³/mol. The van der Waals surface area contributed by atoms with Crippen LogP contribution in [0.25, 0.3) is 0 Å². The summed E-state index contributed by atoms with van der Waals surface area (Å²) in [6.45, 7) is 5.21. The minimum Gasteiger partial charge on any atom is -0.379 e. The van der Waals surface area contributed by atoms with Crippen LogP contribution in [0.2, 0.25) is 0 Å². The first-order valence-corrected chi connectivity index (χ1v) is 7.15. The lowest BCUT2D eigenvalue weighted by Gasteiger charge is -2.27. The van der Waals surface area contributed by atoms with E-state index in [4.69, 9.17) is 4.74 Å². The zero-order valence-electron chi connectivity index (χ0n) is 11.9. The largest absolute Gasteiger partial charge is 0.379 e. The van der Waals surface area contributed by atoms with E-state index in [1.165, 1.54) is 5.57 Å². The molecule has 1 saturated heterocycles. The van der Waals surface area contributed by atoms with Crippen molar-refractivity contribution in [2.75, 3.05) is 39.4 Å². The third kappa shape index (κ3) is 3.96. The number of aliphatic imine (C=N–C) groups is 1. The molecule has 3 heterocycles. The maximum Gasteiger partial charge on any atom is 0.146 e. The van der Waals surface area contributed by atoms with Crippen LogP contribution in [-0.4, -0.2) is 61.3 Å². The van der Waals surface area contributed by atoms with Gasteiger partial charge in [-0.05, 0) is 17.7 Å². The maximum absolute atomic E-state index is 5.37. The average Bonchev–Trinajstić information content (AvgIpc) is 2.97. The van der Waals surface area contributed by atoms with Crippen molar-refractivity contribution in [2.45, 2.75) is 0 Å². The highest BCUT2D eigenvalue weighted by molar-refractivity contribution is 6.00. The van der Waals surface area contributed by atoms with Gasteiger partial charge in [-0.15, -0.1) is 0 Å².